The molecule has 4 aromatic rings. The number of aromatic nitrogens is 7. The molecule has 0 bridgehead atoms. The Kier molecular flexibility index (Phi) is 4.40. The summed E-state index contributed by atoms with van der Waals surface area (Å²) in [7, 11) is 0. The lowest BCUT2D eigenvalue weighted by molar-refractivity contribution is 0.102. The second-order valence-electron chi connectivity index (χ2n) is 5.93. The van der Waals surface area contributed by atoms with Crippen LogP contribution in [-0.4, -0.2) is 41.1 Å². The maximum Gasteiger partial charge on any atom is 0.277 e. The number of anilines is 1. The number of tetrazole rings is 1. The average molecular weight is 360 g/mol. The summed E-state index contributed by atoms with van der Waals surface area (Å²) in [5.74, 6) is 0.322. The van der Waals surface area contributed by atoms with Crippen molar-refractivity contribution in [2.75, 3.05) is 5.32 Å². The number of carbonyl (C=O) groups excluding carboxylic acids is 1. The third-order valence-corrected chi connectivity index (χ3v) is 3.93. The normalized spacial score (nSPS) is 10.7. The molecule has 0 aliphatic rings. The van der Waals surface area contributed by atoms with E-state index >= 15 is 0 Å². The molecule has 9 heteroatoms. The highest BCUT2D eigenvalue weighted by Gasteiger charge is 2.12. The summed E-state index contributed by atoms with van der Waals surface area (Å²) in [6.07, 6.45) is 1.62. The minimum Gasteiger partial charge on any atom is -0.320 e. The largest absolute Gasteiger partial charge is 0.320 e. The zero-order valence-electron chi connectivity index (χ0n) is 14.5. The van der Waals surface area contributed by atoms with E-state index in [2.05, 4.69) is 31.2 Å². The van der Waals surface area contributed by atoms with Crippen LogP contribution in [0.15, 0.2) is 60.8 Å². The first kappa shape index (κ1) is 16.6. The molecule has 4 rings (SSSR count). The average Bonchev–Trinajstić information content (AvgIpc) is 3.32. The summed E-state index contributed by atoms with van der Waals surface area (Å²) in [5.41, 5.74) is 2.70. The van der Waals surface area contributed by atoms with Gasteiger partial charge in [0.2, 0.25) is 0 Å². The van der Waals surface area contributed by atoms with Crippen molar-refractivity contribution in [1.29, 1.82) is 0 Å². The van der Waals surface area contributed by atoms with Crippen LogP contribution in [0.5, 0.6) is 0 Å². The Morgan fingerprint density at radius 1 is 1.04 bits per heavy atom. The van der Waals surface area contributed by atoms with Crippen molar-refractivity contribution < 1.29 is 4.79 Å². The Morgan fingerprint density at radius 3 is 2.67 bits per heavy atom. The molecule has 2 aromatic heterocycles. The molecule has 134 valence electrons. The first-order chi connectivity index (χ1) is 13.2. The second kappa shape index (κ2) is 7.16. The molecule has 0 aliphatic heterocycles. The lowest BCUT2D eigenvalue weighted by atomic mass is 10.2. The van der Waals surface area contributed by atoms with Gasteiger partial charge in [-0.1, -0.05) is 41.6 Å². The molecule has 2 heterocycles. The molecule has 2 aromatic carbocycles. The minimum absolute atomic E-state index is 0.245. The summed E-state index contributed by atoms with van der Waals surface area (Å²) in [4.78, 5) is 12.5. The number of carbonyl (C=O) groups is 1. The van der Waals surface area contributed by atoms with E-state index in [0.717, 1.165) is 11.3 Å². The van der Waals surface area contributed by atoms with Gasteiger partial charge in [-0.3, -0.25) is 4.79 Å². The van der Waals surface area contributed by atoms with E-state index in [4.69, 9.17) is 0 Å². The summed E-state index contributed by atoms with van der Waals surface area (Å²) >= 11 is 0. The van der Waals surface area contributed by atoms with Gasteiger partial charge in [-0.2, -0.15) is 4.68 Å². The minimum atomic E-state index is -0.333. The number of benzene rings is 2. The molecule has 0 fully saturated rings. The van der Waals surface area contributed by atoms with E-state index in [1.807, 2.05) is 42.5 Å². The molecule has 0 saturated heterocycles. The SMILES string of the molecule is Cc1nnnn1-c1cccc(NC(=O)c2cn(Cc3ccccc3)nn2)c1. The van der Waals surface area contributed by atoms with Gasteiger partial charge >= 0.3 is 0 Å². The van der Waals surface area contributed by atoms with Crippen molar-refractivity contribution in [3.05, 3.63) is 77.9 Å². The molecule has 0 atom stereocenters. The van der Waals surface area contributed by atoms with E-state index in [1.54, 1.807) is 34.6 Å². The Hall–Kier alpha value is -3.88. The van der Waals surface area contributed by atoms with Gasteiger partial charge < -0.3 is 5.32 Å². The van der Waals surface area contributed by atoms with Crippen LogP contribution in [0.2, 0.25) is 0 Å². The number of hydrogen-bond donors (Lipinski definition) is 1. The maximum atomic E-state index is 12.5. The van der Waals surface area contributed by atoms with Gasteiger partial charge in [0.1, 0.15) is 0 Å². The van der Waals surface area contributed by atoms with E-state index in [1.165, 1.54) is 0 Å². The quantitative estimate of drug-likeness (QED) is 0.583. The number of nitrogens with zero attached hydrogens (tertiary/aromatic N) is 7. The van der Waals surface area contributed by atoms with Crippen LogP contribution in [0.4, 0.5) is 5.69 Å². The van der Waals surface area contributed by atoms with Crippen LogP contribution in [0.1, 0.15) is 21.9 Å². The Balaban J connectivity index is 1.48. The molecule has 1 N–H and O–H groups in total. The van der Waals surface area contributed by atoms with Crippen molar-refractivity contribution in [3.63, 3.8) is 0 Å². The van der Waals surface area contributed by atoms with E-state index in [0.29, 0.717) is 18.1 Å². The fourth-order valence-corrected chi connectivity index (χ4v) is 2.63. The molecule has 27 heavy (non-hydrogen) atoms. The van der Waals surface area contributed by atoms with Gasteiger partial charge in [0.15, 0.2) is 11.5 Å². The summed E-state index contributed by atoms with van der Waals surface area (Å²) in [5, 5.41) is 22.2. The van der Waals surface area contributed by atoms with E-state index < -0.39 is 0 Å². The monoisotopic (exact) mass is 360 g/mol. The molecular weight excluding hydrogens is 344 g/mol. The van der Waals surface area contributed by atoms with Crippen LogP contribution in [-0.2, 0) is 6.54 Å². The molecule has 9 nitrogen and oxygen atoms in total. The van der Waals surface area contributed by atoms with E-state index in [-0.39, 0.29) is 11.6 Å². The Labute approximate surface area is 154 Å². The van der Waals surface area contributed by atoms with Crippen LogP contribution < -0.4 is 5.32 Å². The van der Waals surface area contributed by atoms with Gasteiger partial charge in [-0.25, -0.2) is 4.68 Å². The smallest absolute Gasteiger partial charge is 0.277 e. The highest BCUT2D eigenvalue weighted by molar-refractivity contribution is 6.02. The molecule has 0 radical (unpaired) electrons. The van der Waals surface area contributed by atoms with Crippen LogP contribution in [0.3, 0.4) is 0 Å². The topological polar surface area (TPSA) is 103 Å². The third kappa shape index (κ3) is 3.71. The zero-order valence-corrected chi connectivity index (χ0v) is 14.5. The summed E-state index contributed by atoms with van der Waals surface area (Å²) in [6.45, 7) is 2.35. The lowest BCUT2D eigenvalue weighted by Crippen LogP contribution is -2.13. The highest BCUT2D eigenvalue weighted by Crippen LogP contribution is 2.15. The number of nitrogens with one attached hydrogen (secondary N) is 1. The molecule has 0 spiro atoms. The molecular formula is C18H16N8O. The second-order valence-corrected chi connectivity index (χ2v) is 5.93. The van der Waals surface area contributed by atoms with Gasteiger partial charge in [-0.15, -0.1) is 10.2 Å². The van der Waals surface area contributed by atoms with Crippen LogP contribution >= 0.6 is 0 Å². The van der Waals surface area contributed by atoms with Gasteiger partial charge in [0.05, 0.1) is 18.4 Å². The standard InChI is InChI=1S/C18H16N8O/c1-13-20-22-24-26(13)16-9-5-8-15(10-16)19-18(27)17-12-25(23-21-17)11-14-6-3-2-4-7-14/h2-10,12H,11H2,1H3,(H,19,27). The number of aryl methyl sites for hydroxylation is 1. The fourth-order valence-electron chi connectivity index (χ4n) is 2.63. The van der Waals surface area contributed by atoms with Crippen LogP contribution in [0, 0.1) is 6.92 Å². The Bertz CT molecular complexity index is 1070. The Morgan fingerprint density at radius 2 is 1.89 bits per heavy atom. The van der Waals surface area contributed by atoms with Crippen molar-refractivity contribution in [3.8, 4) is 5.69 Å². The van der Waals surface area contributed by atoms with Crippen molar-refractivity contribution in [1.82, 2.24) is 35.2 Å². The predicted molar refractivity (Wildman–Crippen MR) is 97.4 cm³/mol. The molecule has 0 unspecified atom stereocenters. The maximum absolute atomic E-state index is 12.5. The summed E-state index contributed by atoms with van der Waals surface area (Å²) < 4.78 is 3.22. The lowest BCUT2D eigenvalue weighted by Gasteiger charge is -2.06. The van der Waals surface area contributed by atoms with Gasteiger partial charge in [0, 0.05) is 5.69 Å². The number of rotatable bonds is 5. The van der Waals surface area contributed by atoms with Crippen molar-refractivity contribution in [2.45, 2.75) is 13.5 Å². The molecule has 1 amide bonds. The zero-order chi connectivity index (χ0) is 18.6. The molecule has 0 aliphatic carbocycles. The van der Waals surface area contributed by atoms with Crippen molar-refractivity contribution in [2.24, 2.45) is 0 Å². The van der Waals surface area contributed by atoms with Gasteiger partial charge in [-0.05, 0) is 41.1 Å². The van der Waals surface area contributed by atoms with E-state index in [9.17, 15) is 4.79 Å². The third-order valence-electron chi connectivity index (χ3n) is 3.93. The number of hydrogen-bond acceptors (Lipinski definition) is 6. The van der Waals surface area contributed by atoms with Crippen molar-refractivity contribution >= 4 is 11.6 Å². The number of amides is 1. The van der Waals surface area contributed by atoms with Crippen LogP contribution in [0.25, 0.3) is 5.69 Å². The first-order valence-corrected chi connectivity index (χ1v) is 8.30. The molecule has 0 saturated carbocycles. The fraction of sp³-hybridized carbons (Fsp3) is 0.111. The first-order valence-electron chi connectivity index (χ1n) is 8.30. The van der Waals surface area contributed by atoms with Gasteiger partial charge in [0.25, 0.3) is 5.91 Å². The predicted octanol–water partition coefficient (Wildman–Crippen LogP) is 1.86. The highest BCUT2D eigenvalue weighted by atomic mass is 16.2. The summed E-state index contributed by atoms with van der Waals surface area (Å²) in [6, 6.07) is 17.1.